The lowest BCUT2D eigenvalue weighted by Gasteiger charge is -2.15. The Balaban J connectivity index is 2.41. The average molecular weight is 139 g/mol. The smallest absolute Gasteiger partial charge is 0.245 e. The lowest BCUT2D eigenvalue weighted by atomic mass is 10.4. The first-order chi connectivity index (χ1) is 4.71. The van der Waals surface area contributed by atoms with Crippen molar-refractivity contribution in [2.75, 3.05) is 13.7 Å². The summed E-state index contributed by atoms with van der Waals surface area (Å²) in [5.41, 5.74) is 7.18. The highest BCUT2D eigenvalue weighted by molar-refractivity contribution is 5.93. The molecular formula is C6H11N4+. The first kappa shape index (κ1) is 5.88. The third-order valence-corrected chi connectivity index (χ3v) is 1.85. The third kappa shape index (κ3) is 0.600. The molecule has 1 unspecified atom stereocenters. The maximum Gasteiger partial charge on any atom is 0.245 e. The quantitative estimate of drug-likeness (QED) is 0.453. The van der Waals surface area contributed by atoms with Crippen LogP contribution in [0.1, 0.15) is 6.92 Å². The van der Waals surface area contributed by atoms with E-state index in [1.807, 2.05) is 6.92 Å². The van der Waals surface area contributed by atoms with Crippen LogP contribution in [0.25, 0.3) is 0 Å². The van der Waals surface area contributed by atoms with Gasteiger partial charge in [0.05, 0.1) is 0 Å². The third-order valence-electron chi connectivity index (χ3n) is 1.85. The zero-order valence-electron chi connectivity index (χ0n) is 6.18. The van der Waals surface area contributed by atoms with Gasteiger partial charge in [0.1, 0.15) is 12.8 Å². The largest absolute Gasteiger partial charge is 0.269 e. The highest BCUT2D eigenvalue weighted by atomic mass is 15.8. The second kappa shape index (κ2) is 1.59. The zero-order valence-corrected chi connectivity index (χ0v) is 6.18. The lowest BCUT2D eigenvalue weighted by Crippen LogP contribution is -2.33. The highest BCUT2D eigenvalue weighted by Crippen LogP contribution is 2.21. The van der Waals surface area contributed by atoms with E-state index >= 15 is 0 Å². The number of allylic oxidation sites excluding steroid dienone is 1. The zero-order chi connectivity index (χ0) is 7.19. The molecule has 1 atom stereocenters. The molecule has 0 radical (unpaired) electrons. The molecule has 0 aromatic rings. The second-order valence-corrected chi connectivity index (χ2v) is 2.87. The summed E-state index contributed by atoms with van der Waals surface area (Å²) in [6, 6.07) is 0. The van der Waals surface area contributed by atoms with Gasteiger partial charge in [0.15, 0.2) is 6.67 Å². The van der Waals surface area contributed by atoms with Crippen LogP contribution < -0.4 is 10.9 Å². The van der Waals surface area contributed by atoms with E-state index in [2.05, 4.69) is 29.1 Å². The standard InChI is InChI=1S/C6H11N4/c1-5-3-6-8-7-4-10(6,2)9-5/h3,7-8H,4H2,1-2H3/q+1. The molecule has 2 rings (SSSR count). The molecular weight excluding hydrogens is 128 g/mol. The molecule has 4 nitrogen and oxygen atoms in total. The average Bonchev–Trinajstić information content (AvgIpc) is 2.20. The van der Waals surface area contributed by atoms with Crippen molar-refractivity contribution in [2.24, 2.45) is 5.10 Å². The van der Waals surface area contributed by atoms with Crippen LogP contribution >= 0.6 is 0 Å². The van der Waals surface area contributed by atoms with Crippen molar-refractivity contribution in [3.05, 3.63) is 11.9 Å². The number of fused-ring (bicyclic) bond motifs is 1. The van der Waals surface area contributed by atoms with Crippen LogP contribution in [0, 0.1) is 0 Å². The maximum atomic E-state index is 4.42. The Morgan fingerprint density at radius 1 is 1.70 bits per heavy atom. The molecule has 2 heterocycles. The number of hydrogen-bond acceptors (Lipinski definition) is 3. The van der Waals surface area contributed by atoms with Crippen molar-refractivity contribution in [3.63, 3.8) is 0 Å². The van der Waals surface area contributed by atoms with E-state index in [4.69, 9.17) is 0 Å². The van der Waals surface area contributed by atoms with E-state index in [1.165, 1.54) is 0 Å². The maximum absolute atomic E-state index is 4.42. The van der Waals surface area contributed by atoms with Crippen LogP contribution in [0.4, 0.5) is 0 Å². The van der Waals surface area contributed by atoms with Gasteiger partial charge in [0, 0.05) is 6.08 Å². The summed E-state index contributed by atoms with van der Waals surface area (Å²) in [5, 5.41) is 4.42. The summed E-state index contributed by atoms with van der Waals surface area (Å²) in [6.07, 6.45) is 2.06. The van der Waals surface area contributed by atoms with Crippen molar-refractivity contribution in [2.45, 2.75) is 6.92 Å². The second-order valence-electron chi connectivity index (χ2n) is 2.87. The number of nitrogens with one attached hydrogen (secondary N) is 2. The molecule has 2 aliphatic rings. The van der Waals surface area contributed by atoms with E-state index in [9.17, 15) is 0 Å². The van der Waals surface area contributed by atoms with E-state index < -0.39 is 0 Å². The van der Waals surface area contributed by atoms with Crippen LogP contribution in [0.15, 0.2) is 17.0 Å². The lowest BCUT2D eigenvalue weighted by molar-refractivity contribution is -0.869. The van der Waals surface area contributed by atoms with Gasteiger partial charge in [-0.15, -0.1) is 4.59 Å². The molecule has 54 valence electrons. The summed E-state index contributed by atoms with van der Waals surface area (Å²) in [5.74, 6) is 1.14. The molecule has 10 heavy (non-hydrogen) atoms. The molecule has 0 amide bonds. The minimum absolute atomic E-state index is 0.631. The highest BCUT2D eigenvalue weighted by Gasteiger charge is 2.37. The summed E-state index contributed by atoms with van der Waals surface area (Å²) in [4.78, 5) is 0. The van der Waals surface area contributed by atoms with E-state index in [1.54, 1.807) is 0 Å². The van der Waals surface area contributed by atoms with Gasteiger partial charge in [-0.2, -0.15) is 5.43 Å². The number of hydrogen-bond donors (Lipinski definition) is 2. The van der Waals surface area contributed by atoms with Crippen LogP contribution in [0.5, 0.6) is 0 Å². The van der Waals surface area contributed by atoms with Gasteiger partial charge in [0.25, 0.3) is 0 Å². The first-order valence-corrected chi connectivity index (χ1v) is 3.34. The summed E-state index contributed by atoms with van der Waals surface area (Å²) in [6.45, 7) is 2.85. The van der Waals surface area contributed by atoms with Gasteiger partial charge >= 0.3 is 0 Å². The first-order valence-electron chi connectivity index (χ1n) is 3.34. The molecule has 0 spiro atoms. The van der Waals surface area contributed by atoms with Crippen molar-refractivity contribution in [3.8, 4) is 0 Å². The topological polar surface area (TPSA) is 36.4 Å². The Hall–Kier alpha value is -0.870. The van der Waals surface area contributed by atoms with Gasteiger partial charge in [-0.1, -0.05) is 5.10 Å². The molecule has 4 heteroatoms. The molecule has 0 aromatic carbocycles. The van der Waals surface area contributed by atoms with Gasteiger partial charge in [-0.05, 0) is 6.92 Å². The Kier molecular flexibility index (Phi) is 0.934. The van der Waals surface area contributed by atoms with Crippen molar-refractivity contribution < 1.29 is 4.59 Å². The molecule has 0 saturated carbocycles. The van der Waals surface area contributed by atoms with E-state index in [-0.39, 0.29) is 0 Å². The van der Waals surface area contributed by atoms with Crippen LogP contribution in [-0.4, -0.2) is 24.0 Å². The predicted octanol–water partition coefficient (Wildman–Crippen LogP) is -0.271. The van der Waals surface area contributed by atoms with Gasteiger partial charge in [0.2, 0.25) is 5.82 Å². The molecule has 1 fully saturated rings. The molecule has 0 aliphatic carbocycles. The molecule has 0 aromatic heterocycles. The Morgan fingerprint density at radius 3 is 3.20 bits per heavy atom. The fourth-order valence-electron chi connectivity index (χ4n) is 1.33. The van der Waals surface area contributed by atoms with E-state index in [0.29, 0.717) is 4.59 Å². The summed E-state index contributed by atoms with van der Waals surface area (Å²) >= 11 is 0. The Morgan fingerprint density at radius 2 is 2.50 bits per heavy atom. The van der Waals surface area contributed by atoms with Gasteiger partial charge in [-0.25, -0.2) is 0 Å². The number of rotatable bonds is 0. The molecule has 2 aliphatic heterocycles. The number of quaternary nitrogens is 1. The minimum Gasteiger partial charge on any atom is -0.269 e. The fraction of sp³-hybridized carbons (Fsp3) is 0.500. The van der Waals surface area contributed by atoms with Crippen LogP contribution in [0.2, 0.25) is 0 Å². The summed E-state index contributed by atoms with van der Waals surface area (Å²) in [7, 11) is 2.06. The molecule has 0 bridgehead atoms. The van der Waals surface area contributed by atoms with Gasteiger partial charge in [-0.3, -0.25) is 5.43 Å². The van der Waals surface area contributed by atoms with Crippen molar-refractivity contribution in [1.82, 2.24) is 10.9 Å². The van der Waals surface area contributed by atoms with E-state index in [0.717, 1.165) is 18.2 Å². The SMILES string of the molecule is CC1=N[N+]2(C)CNNC2=C1. The fourth-order valence-corrected chi connectivity index (χ4v) is 1.33. The number of hydrazine groups is 1. The van der Waals surface area contributed by atoms with Crippen LogP contribution in [0.3, 0.4) is 0 Å². The van der Waals surface area contributed by atoms with Crippen molar-refractivity contribution >= 4 is 5.71 Å². The van der Waals surface area contributed by atoms with Crippen molar-refractivity contribution in [1.29, 1.82) is 0 Å². The minimum atomic E-state index is 0.631. The van der Waals surface area contributed by atoms with Gasteiger partial charge < -0.3 is 0 Å². The number of nitrogens with zero attached hydrogens (tertiary/aromatic N) is 2. The predicted molar refractivity (Wildman–Crippen MR) is 38.5 cm³/mol. The molecule has 2 N–H and O–H groups in total. The normalized spacial score (nSPS) is 36.6. The Bertz CT molecular complexity index is 230. The molecule has 1 saturated heterocycles. The van der Waals surface area contributed by atoms with Crippen LogP contribution in [-0.2, 0) is 0 Å². The Labute approximate surface area is 59.8 Å². The summed E-state index contributed by atoms with van der Waals surface area (Å²) < 4.78 is 0.631. The monoisotopic (exact) mass is 139 g/mol.